The molecule has 0 radical (unpaired) electrons. The highest BCUT2D eigenvalue weighted by Crippen LogP contribution is 2.44. The number of hydrogen-bond donors (Lipinski definition) is 1. The fourth-order valence-electron chi connectivity index (χ4n) is 3.69. The topological polar surface area (TPSA) is 47.6 Å². The molecule has 6 heteroatoms. The van der Waals surface area contributed by atoms with Gasteiger partial charge in [-0.05, 0) is 49.8 Å². The number of fused-ring (bicyclic) bond motifs is 2. The van der Waals surface area contributed by atoms with Gasteiger partial charge in [0.25, 0.3) is 0 Å². The van der Waals surface area contributed by atoms with Crippen molar-refractivity contribution in [3.8, 4) is 0 Å². The van der Waals surface area contributed by atoms with Crippen LogP contribution >= 0.6 is 23.2 Å². The van der Waals surface area contributed by atoms with E-state index in [9.17, 15) is 4.79 Å². The highest BCUT2D eigenvalue weighted by atomic mass is 35.5. The molecule has 3 rings (SSSR count). The minimum atomic E-state index is -0.282. The summed E-state index contributed by atoms with van der Waals surface area (Å²) < 4.78 is 11.1. The van der Waals surface area contributed by atoms with E-state index in [4.69, 9.17) is 32.7 Å². The number of nitrogens with one attached hydrogen (secondary N) is 1. The molecule has 1 N–H and O–H groups in total. The second-order valence-corrected chi connectivity index (χ2v) is 7.27. The predicted molar refractivity (Wildman–Crippen MR) is 94.7 cm³/mol. The summed E-state index contributed by atoms with van der Waals surface area (Å²) in [6, 6.07) is 4.33. The highest BCUT2D eigenvalue weighted by Gasteiger charge is 2.48. The van der Waals surface area contributed by atoms with Crippen LogP contribution in [0.4, 0.5) is 0 Å². The molecule has 2 heterocycles. The number of rotatable bonds is 7. The first-order chi connectivity index (χ1) is 11.6. The smallest absolute Gasteiger partial charge is 0.305 e. The van der Waals surface area contributed by atoms with E-state index in [1.807, 2.05) is 19.1 Å². The molecule has 2 unspecified atom stereocenters. The van der Waals surface area contributed by atoms with Crippen LogP contribution in [0.15, 0.2) is 12.1 Å². The van der Waals surface area contributed by atoms with Gasteiger partial charge in [-0.15, -0.1) is 0 Å². The van der Waals surface area contributed by atoms with E-state index in [0.29, 0.717) is 29.1 Å². The summed E-state index contributed by atoms with van der Waals surface area (Å²) in [4.78, 5) is 11.5. The zero-order chi connectivity index (χ0) is 17.2. The van der Waals surface area contributed by atoms with E-state index in [2.05, 4.69) is 5.32 Å². The Morgan fingerprint density at radius 2 is 2.25 bits per heavy atom. The maximum atomic E-state index is 11.5. The lowest BCUT2D eigenvalue weighted by Gasteiger charge is -2.30. The summed E-state index contributed by atoms with van der Waals surface area (Å²) in [6.45, 7) is 3.80. The maximum absolute atomic E-state index is 11.5. The zero-order valence-electron chi connectivity index (χ0n) is 13.9. The van der Waals surface area contributed by atoms with E-state index in [1.165, 1.54) is 0 Å². The Morgan fingerprint density at radius 3 is 2.88 bits per heavy atom. The third kappa shape index (κ3) is 3.57. The second kappa shape index (κ2) is 7.61. The molecule has 2 bridgehead atoms. The SMILES string of the molecule is CCOC(=O)CCCCc1c(C23CNC(CO2)C3)ccc(Cl)c1Cl. The number of carbonyl (C=O) groups is 1. The van der Waals surface area contributed by atoms with Gasteiger partial charge < -0.3 is 14.8 Å². The number of ether oxygens (including phenoxy) is 2. The minimum absolute atomic E-state index is 0.143. The van der Waals surface area contributed by atoms with E-state index in [0.717, 1.165) is 50.0 Å². The summed E-state index contributed by atoms with van der Waals surface area (Å²) in [5.41, 5.74) is 1.91. The van der Waals surface area contributed by atoms with Crippen LogP contribution in [-0.4, -0.2) is 31.8 Å². The lowest BCUT2D eigenvalue weighted by molar-refractivity contribution is -0.143. The van der Waals surface area contributed by atoms with Crippen molar-refractivity contribution in [3.05, 3.63) is 33.3 Å². The van der Waals surface area contributed by atoms with Gasteiger partial charge in [-0.25, -0.2) is 0 Å². The molecule has 0 amide bonds. The summed E-state index contributed by atoms with van der Waals surface area (Å²) in [6.07, 6.45) is 3.83. The van der Waals surface area contributed by atoms with Gasteiger partial charge in [-0.3, -0.25) is 4.79 Å². The van der Waals surface area contributed by atoms with Crippen molar-refractivity contribution in [3.63, 3.8) is 0 Å². The molecular weight excluding hydrogens is 349 g/mol. The largest absolute Gasteiger partial charge is 0.466 e. The number of carbonyl (C=O) groups excluding carboxylic acids is 1. The van der Waals surface area contributed by atoms with E-state index < -0.39 is 0 Å². The van der Waals surface area contributed by atoms with Crippen LogP contribution in [0.1, 0.15) is 43.7 Å². The summed E-state index contributed by atoms with van der Waals surface area (Å²) in [7, 11) is 0. The van der Waals surface area contributed by atoms with Crippen molar-refractivity contribution in [2.75, 3.05) is 19.8 Å². The van der Waals surface area contributed by atoms with Crippen LogP contribution < -0.4 is 5.32 Å². The molecule has 0 aromatic heterocycles. The first kappa shape index (κ1) is 18.0. The molecule has 2 aliphatic rings. The zero-order valence-corrected chi connectivity index (χ0v) is 15.4. The van der Waals surface area contributed by atoms with Gasteiger partial charge in [0.2, 0.25) is 0 Å². The van der Waals surface area contributed by atoms with Crippen molar-refractivity contribution >= 4 is 29.2 Å². The molecule has 2 saturated heterocycles. The molecule has 2 fully saturated rings. The Balaban J connectivity index is 1.72. The van der Waals surface area contributed by atoms with Crippen LogP contribution in [0, 0.1) is 0 Å². The molecule has 2 aliphatic heterocycles. The number of hydrogen-bond acceptors (Lipinski definition) is 4. The van der Waals surface area contributed by atoms with Gasteiger partial charge in [0, 0.05) is 19.0 Å². The number of benzene rings is 1. The number of unbranched alkanes of at least 4 members (excludes halogenated alkanes) is 1. The van der Waals surface area contributed by atoms with Crippen LogP contribution in [-0.2, 0) is 26.3 Å². The van der Waals surface area contributed by atoms with E-state index in [-0.39, 0.29) is 11.6 Å². The number of morpholine rings is 1. The lowest BCUT2D eigenvalue weighted by Crippen LogP contribution is -2.38. The summed E-state index contributed by atoms with van der Waals surface area (Å²) in [5.74, 6) is -0.143. The fraction of sp³-hybridized carbons (Fsp3) is 0.611. The number of halogens is 2. The molecular formula is C18H23Cl2NO3. The summed E-state index contributed by atoms with van der Waals surface area (Å²) >= 11 is 12.7. The third-order valence-corrected chi connectivity index (χ3v) is 5.71. The van der Waals surface area contributed by atoms with Crippen LogP contribution in [0.5, 0.6) is 0 Å². The van der Waals surface area contributed by atoms with Gasteiger partial charge in [0.05, 0.1) is 23.3 Å². The summed E-state index contributed by atoms with van der Waals surface area (Å²) in [5, 5.41) is 4.67. The Labute approximate surface area is 152 Å². The van der Waals surface area contributed by atoms with Crippen molar-refractivity contribution in [1.29, 1.82) is 0 Å². The molecule has 132 valence electrons. The van der Waals surface area contributed by atoms with Gasteiger partial charge in [-0.1, -0.05) is 29.3 Å². The van der Waals surface area contributed by atoms with E-state index in [1.54, 1.807) is 0 Å². The van der Waals surface area contributed by atoms with E-state index >= 15 is 0 Å². The van der Waals surface area contributed by atoms with Crippen molar-refractivity contribution < 1.29 is 14.3 Å². The van der Waals surface area contributed by atoms with Gasteiger partial charge in [0.15, 0.2) is 0 Å². The Bertz CT molecular complexity index is 613. The Morgan fingerprint density at radius 1 is 1.42 bits per heavy atom. The number of esters is 1. The molecule has 0 spiro atoms. The molecule has 1 aromatic rings. The highest BCUT2D eigenvalue weighted by molar-refractivity contribution is 6.42. The first-order valence-corrected chi connectivity index (χ1v) is 9.31. The molecule has 24 heavy (non-hydrogen) atoms. The Kier molecular flexibility index (Phi) is 5.70. The van der Waals surface area contributed by atoms with Crippen LogP contribution in [0.2, 0.25) is 10.0 Å². The fourth-order valence-corrected chi connectivity index (χ4v) is 4.13. The van der Waals surface area contributed by atoms with Crippen molar-refractivity contribution in [1.82, 2.24) is 5.32 Å². The second-order valence-electron chi connectivity index (χ2n) is 6.49. The third-order valence-electron chi connectivity index (χ3n) is 4.86. The lowest BCUT2D eigenvalue weighted by atomic mass is 9.87. The van der Waals surface area contributed by atoms with Crippen molar-refractivity contribution in [2.45, 2.75) is 50.7 Å². The van der Waals surface area contributed by atoms with Crippen LogP contribution in [0.25, 0.3) is 0 Å². The first-order valence-electron chi connectivity index (χ1n) is 8.56. The van der Waals surface area contributed by atoms with Crippen molar-refractivity contribution in [2.24, 2.45) is 0 Å². The average molecular weight is 372 g/mol. The Hall–Kier alpha value is -0.810. The minimum Gasteiger partial charge on any atom is -0.466 e. The molecule has 1 aromatic carbocycles. The maximum Gasteiger partial charge on any atom is 0.305 e. The van der Waals surface area contributed by atoms with Gasteiger partial charge in [-0.2, -0.15) is 0 Å². The predicted octanol–water partition coefficient (Wildman–Crippen LogP) is 3.86. The standard InChI is InChI=1S/C18H23Cl2NO3/c1-2-23-16(22)6-4-3-5-13-14(7-8-15(19)17(13)20)18-9-12(10-24-18)21-11-18/h7-8,12,21H,2-6,9-11H2,1H3. The average Bonchev–Trinajstić information content (AvgIpc) is 3.17. The van der Waals surface area contributed by atoms with Gasteiger partial charge in [0.1, 0.15) is 5.60 Å². The monoisotopic (exact) mass is 371 g/mol. The van der Waals surface area contributed by atoms with Gasteiger partial charge >= 0.3 is 5.97 Å². The normalized spacial score (nSPS) is 25.2. The van der Waals surface area contributed by atoms with Crippen LogP contribution in [0.3, 0.4) is 0 Å². The quantitative estimate of drug-likeness (QED) is 0.583. The molecule has 4 nitrogen and oxygen atoms in total. The molecule has 0 aliphatic carbocycles. The molecule has 2 atom stereocenters. The molecule has 0 saturated carbocycles.